The first kappa shape index (κ1) is 49.7. The average molecular weight is 846 g/mol. The smallest absolute Gasteiger partial charge is 0.410 e. The van der Waals surface area contributed by atoms with Crippen molar-refractivity contribution >= 4 is 92.1 Å². The van der Waals surface area contributed by atoms with Crippen LogP contribution in [0.25, 0.3) is 0 Å². The minimum absolute atomic E-state index is 0.0115. The molecule has 0 heterocycles. The third-order valence-electron chi connectivity index (χ3n) is 7.97. The highest BCUT2D eigenvalue weighted by molar-refractivity contribution is 7.80. The number of rotatable bonds is 30. The number of hydrogen-bond acceptors (Lipinski definition) is 12. The Hall–Kier alpha value is -3.29. The van der Waals surface area contributed by atoms with Crippen LogP contribution in [0, 0.1) is 0 Å². The van der Waals surface area contributed by atoms with E-state index in [9.17, 15) is 33.6 Å². The molecule has 0 spiro atoms. The Labute approximate surface area is 346 Å². The molecule has 1 aromatic rings. The normalized spacial score (nSPS) is 11.7. The molecule has 0 bridgehead atoms. The third-order valence-corrected chi connectivity index (χ3v) is 8.86. The second-order valence-corrected chi connectivity index (χ2v) is 14.2. The predicted octanol–water partition coefficient (Wildman–Crippen LogP) is 1.68. The summed E-state index contributed by atoms with van der Waals surface area (Å²) in [6.07, 6.45) is 3.21. The van der Waals surface area contributed by atoms with E-state index in [-0.39, 0.29) is 69.3 Å². The second kappa shape index (κ2) is 31.9. The molecule has 0 saturated heterocycles. The second-order valence-electron chi connectivity index (χ2n) is 12.4. The molecule has 19 heteroatoms. The van der Waals surface area contributed by atoms with Gasteiger partial charge in [0.15, 0.2) is 0 Å². The molecule has 0 saturated carbocycles. The first-order valence-corrected chi connectivity index (χ1v) is 21.1. The Kier molecular flexibility index (Phi) is 28.8. The molecule has 6 N–H and O–H groups in total. The summed E-state index contributed by atoms with van der Waals surface area (Å²) < 4.78 is 5.54. The zero-order chi connectivity index (χ0) is 40.7. The largest absolute Gasteiger partial charge is 0.445 e. The van der Waals surface area contributed by atoms with Crippen LogP contribution in [0.15, 0.2) is 30.3 Å². The SMILES string of the molecule is O=C(CCS)NCCCC[C@H](NC(=O)CCS)C(=O)NCCN(CCNC(=O)[C@H](CCCCNC(=O)CCS)NC(=O)CCS)C(=O)OCc1ccccc1. The highest BCUT2D eigenvalue weighted by atomic mass is 32.1. The number of benzene rings is 1. The predicted molar refractivity (Wildman–Crippen MR) is 226 cm³/mol. The number of amides is 7. The number of unbranched alkanes of at least 4 members (excludes halogenated alkanes) is 2. The quantitative estimate of drug-likeness (QED) is 0.0407. The minimum atomic E-state index is -0.836. The highest BCUT2D eigenvalue weighted by Crippen LogP contribution is 2.06. The fourth-order valence-corrected chi connectivity index (χ4v) is 5.85. The number of carbonyl (C=O) groups excluding carboxylic acids is 7. The monoisotopic (exact) mass is 845 g/mol. The molecule has 1 aromatic carbocycles. The summed E-state index contributed by atoms with van der Waals surface area (Å²) in [5, 5.41) is 16.7. The lowest BCUT2D eigenvalue weighted by atomic mass is 10.1. The molecule has 0 aromatic heterocycles. The van der Waals surface area contributed by atoms with E-state index < -0.39 is 30.0 Å². The molecule has 0 aliphatic heterocycles. The third kappa shape index (κ3) is 24.8. The Bertz CT molecular complexity index is 1250. The van der Waals surface area contributed by atoms with Gasteiger partial charge in [-0.1, -0.05) is 30.3 Å². The number of nitrogens with one attached hydrogen (secondary N) is 6. The number of nitrogens with zero attached hydrogens (tertiary/aromatic N) is 1. The molecule has 7 amide bonds. The topological polar surface area (TPSA) is 204 Å². The summed E-state index contributed by atoms with van der Waals surface area (Å²) >= 11 is 16.3. The molecule has 310 valence electrons. The van der Waals surface area contributed by atoms with Gasteiger partial charge in [0.2, 0.25) is 35.4 Å². The van der Waals surface area contributed by atoms with E-state index in [4.69, 9.17) is 4.74 Å². The molecular weight excluding hydrogens is 787 g/mol. The van der Waals surface area contributed by atoms with Crippen molar-refractivity contribution < 1.29 is 38.3 Å². The molecule has 0 fully saturated rings. The van der Waals surface area contributed by atoms with Crippen LogP contribution < -0.4 is 31.9 Å². The number of hydrogen-bond donors (Lipinski definition) is 10. The molecule has 2 atom stereocenters. The minimum Gasteiger partial charge on any atom is -0.445 e. The molecule has 1 rings (SSSR count). The highest BCUT2D eigenvalue weighted by Gasteiger charge is 2.23. The van der Waals surface area contributed by atoms with Gasteiger partial charge in [-0.2, -0.15) is 50.5 Å². The van der Waals surface area contributed by atoms with Crippen molar-refractivity contribution in [3.63, 3.8) is 0 Å². The fourth-order valence-electron chi connectivity index (χ4n) is 5.04. The van der Waals surface area contributed by atoms with Crippen LogP contribution in [0.1, 0.15) is 69.8 Å². The Morgan fingerprint density at radius 3 is 1.38 bits per heavy atom. The number of carbonyl (C=O) groups is 7. The maximum Gasteiger partial charge on any atom is 0.410 e. The fraction of sp³-hybridized carbons (Fsp3) is 0.639. The van der Waals surface area contributed by atoms with Gasteiger partial charge in [-0.05, 0) is 67.1 Å². The van der Waals surface area contributed by atoms with Gasteiger partial charge < -0.3 is 41.5 Å². The van der Waals surface area contributed by atoms with Gasteiger partial charge in [0.25, 0.3) is 0 Å². The Morgan fingerprint density at radius 1 is 0.545 bits per heavy atom. The summed E-state index contributed by atoms with van der Waals surface area (Å²) in [6, 6.07) is 7.44. The maximum absolute atomic E-state index is 13.2. The number of thiol groups is 4. The lowest BCUT2D eigenvalue weighted by Crippen LogP contribution is -2.50. The van der Waals surface area contributed by atoms with E-state index >= 15 is 0 Å². The summed E-state index contributed by atoms with van der Waals surface area (Å²) in [7, 11) is 0. The van der Waals surface area contributed by atoms with Crippen LogP contribution in [0.4, 0.5) is 4.79 Å². The van der Waals surface area contributed by atoms with E-state index in [1.807, 2.05) is 30.3 Å². The van der Waals surface area contributed by atoms with Crippen LogP contribution in [-0.4, -0.2) is 121 Å². The van der Waals surface area contributed by atoms with Crippen molar-refractivity contribution in [1.29, 1.82) is 0 Å². The van der Waals surface area contributed by atoms with E-state index in [0.717, 1.165) is 5.56 Å². The van der Waals surface area contributed by atoms with E-state index in [1.165, 1.54) is 4.90 Å². The number of ether oxygens (including phenoxy) is 1. The standard InChI is InChI=1S/C36H59N7O8S4/c44-30(12-22-52)37-16-6-4-10-28(41-32(46)14-24-54)34(48)39-18-20-43(36(50)51-26-27-8-2-1-3-9-27)21-19-40-35(49)29(42-33(47)15-25-55)11-5-7-17-38-31(45)13-23-53/h1-3,8-9,28-29,52-55H,4-7,10-26H2,(H,37,44)(H,38,45)(H,39,48)(H,40,49)(H,41,46)(H,42,47)/t28-,29-/m0/s1. The van der Waals surface area contributed by atoms with Crippen LogP contribution in [0.3, 0.4) is 0 Å². The van der Waals surface area contributed by atoms with E-state index in [1.54, 1.807) is 0 Å². The summed E-state index contributed by atoms with van der Waals surface area (Å²) in [4.78, 5) is 89.2. The van der Waals surface area contributed by atoms with Crippen molar-refractivity contribution in [3.8, 4) is 0 Å². The van der Waals surface area contributed by atoms with E-state index in [2.05, 4.69) is 82.4 Å². The summed E-state index contributed by atoms with van der Waals surface area (Å²) in [5.41, 5.74) is 0.777. The van der Waals surface area contributed by atoms with Gasteiger partial charge in [-0.25, -0.2) is 4.79 Å². The van der Waals surface area contributed by atoms with Gasteiger partial charge in [0, 0.05) is 65.0 Å². The van der Waals surface area contributed by atoms with Crippen molar-refractivity contribution in [1.82, 2.24) is 36.8 Å². The zero-order valence-electron chi connectivity index (χ0n) is 31.4. The summed E-state index contributed by atoms with van der Waals surface area (Å²) in [6.45, 7) is 0.994. The lowest BCUT2D eigenvalue weighted by Gasteiger charge is -2.24. The molecular formula is C36H59N7O8S4. The maximum atomic E-state index is 13.2. The van der Waals surface area contributed by atoms with Crippen molar-refractivity contribution in [2.24, 2.45) is 0 Å². The molecule has 0 unspecified atom stereocenters. The van der Waals surface area contributed by atoms with Gasteiger partial charge >= 0.3 is 6.09 Å². The van der Waals surface area contributed by atoms with Gasteiger partial charge in [0.1, 0.15) is 18.7 Å². The zero-order valence-corrected chi connectivity index (χ0v) is 35.0. The van der Waals surface area contributed by atoms with Crippen LogP contribution in [0.2, 0.25) is 0 Å². The summed E-state index contributed by atoms with van der Waals surface area (Å²) in [5.74, 6) is -0.204. The van der Waals surface area contributed by atoms with Crippen molar-refractivity contribution in [2.45, 2.75) is 82.9 Å². The van der Waals surface area contributed by atoms with Crippen LogP contribution >= 0.6 is 50.5 Å². The first-order valence-electron chi connectivity index (χ1n) is 18.6. The van der Waals surface area contributed by atoms with E-state index in [0.29, 0.717) is 87.5 Å². The molecule has 15 nitrogen and oxygen atoms in total. The molecule has 0 aliphatic carbocycles. The Morgan fingerprint density at radius 2 is 0.964 bits per heavy atom. The molecule has 55 heavy (non-hydrogen) atoms. The molecule has 0 aliphatic rings. The Balaban J connectivity index is 2.87. The molecule has 0 radical (unpaired) electrons. The van der Waals surface area contributed by atoms with Crippen LogP contribution in [-0.2, 0) is 40.1 Å². The average Bonchev–Trinajstić information content (AvgIpc) is 3.15. The van der Waals surface area contributed by atoms with Crippen molar-refractivity contribution in [3.05, 3.63) is 35.9 Å². The van der Waals surface area contributed by atoms with Crippen LogP contribution in [0.5, 0.6) is 0 Å². The van der Waals surface area contributed by atoms with Gasteiger partial charge in [-0.3, -0.25) is 28.8 Å². The first-order chi connectivity index (χ1) is 26.5. The lowest BCUT2D eigenvalue weighted by molar-refractivity contribution is -0.129. The van der Waals surface area contributed by atoms with Gasteiger partial charge in [0.05, 0.1) is 0 Å². The van der Waals surface area contributed by atoms with Crippen molar-refractivity contribution in [2.75, 3.05) is 62.3 Å². The van der Waals surface area contributed by atoms with Gasteiger partial charge in [-0.15, -0.1) is 0 Å².